The van der Waals surface area contributed by atoms with Crippen LogP contribution in [0.2, 0.25) is 0 Å². The van der Waals surface area contributed by atoms with E-state index in [9.17, 15) is 4.79 Å². The standard InChI is InChI=1S/C24H33N3O2.C2H2O4/c1-29-23-12-6-5-11-22(23)27-19-17-26(18-20-27)16-8-7-15-25-24(28)14-13-21-9-3-2-4-10-21;3-1(4)2(5)6/h2-6,9-12H,7-8,13-20H2,1H3,(H,25,28);(H,3,4)(H,5,6). The minimum Gasteiger partial charge on any atom is -0.495 e. The van der Waals surface area contributed by atoms with E-state index < -0.39 is 11.9 Å². The van der Waals surface area contributed by atoms with Gasteiger partial charge in [-0.1, -0.05) is 42.5 Å². The number of rotatable bonds is 10. The van der Waals surface area contributed by atoms with E-state index in [1.165, 1.54) is 11.3 Å². The molecule has 1 aliphatic heterocycles. The van der Waals surface area contributed by atoms with E-state index in [0.29, 0.717) is 6.42 Å². The Morgan fingerprint density at radius 3 is 2.14 bits per heavy atom. The summed E-state index contributed by atoms with van der Waals surface area (Å²) in [6.07, 6.45) is 3.52. The lowest BCUT2D eigenvalue weighted by Gasteiger charge is -2.36. The SMILES string of the molecule is COc1ccccc1N1CCN(CCCCNC(=O)CCc2ccccc2)CC1.O=C(O)C(=O)O. The number of nitrogens with zero attached hydrogens (tertiary/aromatic N) is 2. The molecule has 1 amide bonds. The number of aryl methyl sites for hydroxylation is 1. The molecule has 0 saturated carbocycles. The average molecular weight is 486 g/mol. The number of unbranched alkanes of at least 4 members (excludes halogenated alkanes) is 1. The number of aliphatic carboxylic acids is 2. The van der Waals surface area contributed by atoms with Gasteiger partial charge in [0.05, 0.1) is 12.8 Å². The predicted molar refractivity (Wildman–Crippen MR) is 134 cm³/mol. The zero-order valence-corrected chi connectivity index (χ0v) is 20.2. The monoisotopic (exact) mass is 485 g/mol. The first-order valence-corrected chi connectivity index (χ1v) is 11.8. The first-order chi connectivity index (χ1) is 16.9. The Labute approximate surface area is 206 Å². The summed E-state index contributed by atoms with van der Waals surface area (Å²) in [5.41, 5.74) is 2.41. The van der Waals surface area contributed by atoms with Crippen LogP contribution in [0.1, 0.15) is 24.8 Å². The molecule has 0 spiro atoms. The molecular weight excluding hydrogens is 450 g/mol. The van der Waals surface area contributed by atoms with Crippen molar-refractivity contribution in [1.29, 1.82) is 0 Å². The predicted octanol–water partition coefficient (Wildman–Crippen LogP) is 2.50. The molecule has 0 radical (unpaired) electrons. The Hall–Kier alpha value is -3.59. The highest BCUT2D eigenvalue weighted by Crippen LogP contribution is 2.28. The van der Waals surface area contributed by atoms with Crippen LogP contribution in [0.5, 0.6) is 5.75 Å². The molecule has 9 heteroatoms. The van der Waals surface area contributed by atoms with Crippen molar-refractivity contribution >= 4 is 23.5 Å². The van der Waals surface area contributed by atoms with Gasteiger partial charge in [-0.15, -0.1) is 0 Å². The van der Waals surface area contributed by atoms with Crippen molar-refractivity contribution in [3.63, 3.8) is 0 Å². The van der Waals surface area contributed by atoms with Crippen molar-refractivity contribution in [1.82, 2.24) is 10.2 Å². The molecule has 0 aliphatic carbocycles. The fourth-order valence-electron chi connectivity index (χ4n) is 3.78. The quantitative estimate of drug-likeness (QED) is 0.347. The fourth-order valence-corrected chi connectivity index (χ4v) is 3.78. The smallest absolute Gasteiger partial charge is 0.414 e. The number of carboxylic acids is 2. The molecule has 2 aromatic carbocycles. The number of hydrogen-bond donors (Lipinski definition) is 3. The second-order valence-electron chi connectivity index (χ2n) is 8.15. The number of carboxylic acid groups (broad SMARTS) is 2. The first kappa shape index (κ1) is 27.7. The van der Waals surface area contributed by atoms with Crippen LogP contribution in [0.4, 0.5) is 5.69 Å². The van der Waals surface area contributed by atoms with Crippen LogP contribution >= 0.6 is 0 Å². The molecule has 1 heterocycles. The Morgan fingerprint density at radius 1 is 0.886 bits per heavy atom. The Morgan fingerprint density at radius 2 is 1.51 bits per heavy atom. The minimum absolute atomic E-state index is 0.152. The largest absolute Gasteiger partial charge is 0.495 e. The van der Waals surface area contributed by atoms with E-state index >= 15 is 0 Å². The maximum atomic E-state index is 12.0. The molecule has 35 heavy (non-hydrogen) atoms. The lowest BCUT2D eigenvalue weighted by Crippen LogP contribution is -2.46. The third kappa shape index (κ3) is 10.5. The number of hydrogen-bond acceptors (Lipinski definition) is 6. The lowest BCUT2D eigenvalue weighted by atomic mass is 10.1. The molecule has 2 aromatic rings. The molecule has 3 N–H and O–H groups in total. The summed E-state index contributed by atoms with van der Waals surface area (Å²) in [4.78, 5) is 35.1. The third-order valence-corrected chi connectivity index (χ3v) is 5.69. The van der Waals surface area contributed by atoms with Crippen LogP contribution in [0, 0.1) is 0 Å². The number of ether oxygens (including phenoxy) is 1. The number of anilines is 1. The van der Waals surface area contributed by atoms with Crippen LogP contribution in [-0.2, 0) is 20.8 Å². The van der Waals surface area contributed by atoms with E-state index in [4.69, 9.17) is 24.5 Å². The Kier molecular flexibility index (Phi) is 12.1. The molecular formula is C26H35N3O6. The lowest BCUT2D eigenvalue weighted by molar-refractivity contribution is -0.159. The van der Waals surface area contributed by atoms with Gasteiger partial charge in [-0.2, -0.15) is 0 Å². The Balaban J connectivity index is 0.000000641. The zero-order valence-electron chi connectivity index (χ0n) is 20.2. The van der Waals surface area contributed by atoms with Crippen LogP contribution in [0.3, 0.4) is 0 Å². The minimum atomic E-state index is -1.82. The topological polar surface area (TPSA) is 119 Å². The van der Waals surface area contributed by atoms with Gasteiger partial charge in [-0.05, 0) is 43.5 Å². The number of nitrogens with one attached hydrogen (secondary N) is 1. The highest BCUT2D eigenvalue weighted by molar-refractivity contribution is 6.27. The third-order valence-electron chi connectivity index (χ3n) is 5.69. The molecule has 3 rings (SSSR count). The van der Waals surface area contributed by atoms with E-state index in [1.807, 2.05) is 30.3 Å². The molecule has 0 unspecified atom stereocenters. The van der Waals surface area contributed by atoms with Gasteiger partial charge < -0.3 is 25.2 Å². The van der Waals surface area contributed by atoms with Crippen molar-refractivity contribution < 1.29 is 29.3 Å². The van der Waals surface area contributed by atoms with Crippen LogP contribution in [0.15, 0.2) is 54.6 Å². The molecule has 190 valence electrons. The number of amides is 1. The maximum Gasteiger partial charge on any atom is 0.414 e. The van der Waals surface area contributed by atoms with Crippen molar-refractivity contribution in [2.75, 3.05) is 51.3 Å². The van der Waals surface area contributed by atoms with Gasteiger partial charge in [0.25, 0.3) is 0 Å². The number of carbonyl (C=O) groups excluding carboxylic acids is 1. The van der Waals surface area contributed by atoms with Gasteiger partial charge in [0.2, 0.25) is 5.91 Å². The van der Waals surface area contributed by atoms with Crippen LogP contribution < -0.4 is 15.0 Å². The summed E-state index contributed by atoms with van der Waals surface area (Å²) < 4.78 is 5.49. The van der Waals surface area contributed by atoms with Gasteiger partial charge in [-0.3, -0.25) is 9.69 Å². The summed E-state index contributed by atoms with van der Waals surface area (Å²) in [6, 6.07) is 18.4. The second kappa shape index (κ2) is 15.3. The number of benzene rings is 2. The summed E-state index contributed by atoms with van der Waals surface area (Å²) in [7, 11) is 1.73. The molecule has 0 bridgehead atoms. The van der Waals surface area contributed by atoms with Crippen molar-refractivity contribution in [2.24, 2.45) is 0 Å². The number of piperazine rings is 1. The normalized spacial score (nSPS) is 13.3. The number of carbonyl (C=O) groups is 3. The number of para-hydroxylation sites is 2. The molecule has 9 nitrogen and oxygen atoms in total. The molecule has 1 aliphatic rings. The molecule has 0 aromatic heterocycles. The van der Waals surface area contributed by atoms with E-state index in [1.54, 1.807) is 7.11 Å². The Bertz CT molecular complexity index is 918. The summed E-state index contributed by atoms with van der Waals surface area (Å²) in [6.45, 7) is 6.06. The van der Waals surface area contributed by atoms with Gasteiger partial charge in [0, 0.05) is 39.1 Å². The van der Waals surface area contributed by atoms with Crippen LogP contribution in [-0.4, -0.2) is 79.3 Å². The van der Waals surface area contributed by atoms with E-state index in [-0.39, 0.29) is 5.91 Å². The van der Waals surface area contributed by atoms with E-state index in [0.717, 1.165) is 64.3 Å². The second-order valence-corrected chi connectivity index (χ2v) is 8.15. The van der Waals surface area contributed by atoms with Gasteiger partial charge in [0.15, 0.2) is 0 Å². The highest BCUT2D eigenvalue weighted by Gasteiger charge is 2.19. The van der Waals surface area contributed by atoms with Gasteiger partial charge in [0.1, 0.15) is 5.75 Å². The molecule has 1 fully saturated rings. The van der Waals surface area contributed by atoms with E-state index in [2.05, 4.69) is 39.4 Å². The average Bonchev–Trinajstić information content (AvgIpc) is 2.88. The summed E-state index contributed by atoms with van der Waals surface area (Å²) >= 11 is 0. The maximum absolute atomic E-state index is 12.0. The summed E-state index contributed by atoms with van der Waals surface area (Å²) in [5.74, 6) is -2.55. The van der Waals surface area contributed by atoms with Crippen molar-refractivity contribution in [3.8, 4) is 5.75 Å². The highest BCUT2D eigenvalue weighted by atomic mass is 16.5. The number of methoxy groups -OCH3 is 1. The zero-order chi connectivity index (χ0) is 25.5. The van der Waals surface area contributed by atoms with Gasteiger partial charge in [-0.25, -0.2) is 9.59 Å². The van der Waals surface area contributed by atoms with Crippen LogP contribution in [0.25, 0.3) is 0 Å². The molecule has 1 saturated heterocycles. The van der Waals surface area contributed by atoms with Gasteiger partial charge >= 0.3 is 11.9 Å². The van der Waals surface area contributed by atoms with Crippen molar-refractivity contribution in [2.45, 2.75) is 25.7 Å². The first-order valence-electron chi connectivity index (χ1n) is 11.8. The molecule has 0 atom stereocenters. The fraction of sp³-hybridized carbons (Fsp3) is 0.423. The van der Waals surface area contributed by atoms with Crippen molar-refractivity contribution in [3.05, 3.63) is 60.2 Å². The summed E-state index contributed by atoms with van der Waals surface area (Å²) in [5, 5.41) is 17.8.